The van der Waals surface area contributed by atoms with Crippen molar-refractivity contribution in [1.29, 1.82) is 0 Å². The van der Waals surface area contributed by atoms with Gasteiger partial charge in [0.2, 0.25) is 0 Å². The Labute approximate surface area is 167 Å². The van der Waals surface area contributed by atoms with Crippen LogP contribution in [0.5, 0.6) is 0 Å². The van der Waals surface area contributed by atoms with Crippen LogP contribution in [0, 0.1) is 0 Å². The highest BCUT2D eigenvalue weighted by Gasteiger charge is 2.21. The molecule has 2 N–H and O–H groups in total. The molecule has 28 heavy (non-hydrogen) atoms. The second kappa shape index (κ2) is 9.21. The fourth-order valence-electron chi connectivity index (χ4n) is 3.42. The Morgan fingerprint density at radius 2 is 1.79 bits per heavy atom. The highest BCUT2D eigenvalue weighted by atomic mass is 32.2. The lowest BCUT2D eigenvalue weighted by atomic mass is 10.0. The minimum absolute atomic E-state index is 0.158. The van der Waals surface area contributed by atoms with Gasteiger partial charge in [-0.1, -0.05) is 31.2 Å². The van der Waals surface area contributed by atoms with E-state index in [9.17, 15) is 13.2 Å². The second-order valence-corrected chi connectivity index (χ2v) is 8.77. The molecule has 1 fully saturated rings. The second-order valence-electron chi connectivity index (χ2n) is 7.09. The molecule has 3 rings (SSSR count). The molecule has 1 heterocycles. The lowest BCUT2D eigenvalue weighted by Gasteiger charge is -2.32. The number of hydrogen-bond acceptors (Lipinski definition) is 4. The normalized spacial score (nSPS) is 15.9. The van der Waals surface area contributed by atoms with Crippen molar-refractivity contribution in [3.8, 4) is 0 Å². The number of likely N-dealkylation sites (tertiary alicyclic amines) is 1. The monoisotopic (exact) mass is 401 g/mol. The first-order valence-corrected chi connectivity index (χ1v) is 11.2. The summed E-state index contributed by atoms with van der Waals surface area (Å²) in [6, 6.07) is 14.9. The van der Waals surface area contributed by atoms with Crippen LogP contribution >= 0.6 is 0 Å². The quantitative estimate of drug-likeness (QED) is 0.747. The summed E-state index contributed by atoms with van der Waals surface area (Å²) in [5.74, 6) is -0.172. The molecule has 150 valence electrons. The van der Waals surface area contributed by atoms with Crippen molar-refractivity contribution >= 4 is 21.6 Å². The number of rotatable bonds is 7. The van der Waals surface area contributed by atoms with E-state index in [-0.39, 0.29) is 16.8 Å². The molecule has 6 nitrogen and oxygen atoms in total. The maximum Gasteiger partial charge on any atom is 0.261 e. The van der Waals surface area contributed by atoms with Crippen LogP contribution in [-0.4, -0.2) is 44.9 Å². The molecule has 2 aromatic carbocycles. The molecule has 0 saturated carbocycles. The van der Waals surface area contributed by atoms with Crippen molar-refractivity contribution in [2.24, 2.45) is 0 Å². The van der Waals surface area contributed by atoms with E-state index in [0.717, 1.165) is 38.9 Å². The Kier molecular flexibility index (Phi) is 6.70. The van der Waals surface area contributed by atoms with Gasteiger partial charge in [0, 0.05) is 30.4 Å². The Balaban J connectivity index is 1.62. The van der Waals surface area contributed by atoms with Crippen LogP contribution < -0.4 is 10.0 Å². The van der Waals surface area contributed by atoms with Crippen LogP contribution in [-0.2, 0) is 10.0 Å². The van der Waals surface area contributed by atoms with E-state index in [1.807, 2.05) is 0 Å². The zero-order valence-corrected chi connectivity index (χ0v) is 16.9. The molecule has 1 amide bonds. The van der Waals surface area contributed by atoms with Crippen molar-refractivity contribution < 1.29 is 13.2 Å². The summed E-state index contributed by atoms with van der Waals surface area (Å²) in [5.41, 5.74) is 0.818. The molecule has 0 aliphatic carbocycles. The largest absolute Gasteiger partial charge is 0.349 e. The van der Waals surface area contributed by atoms with E-state index >= 15 is 0 Å². The number of carbonyl (C=O) groups excluding carboxylic acids is 1. The predicted octanol–water partition coefficient (Wildman–Crippen LogP) is 3.09. The zero-order chi connectivity index (χ0) is 20.0. The molecule has 0 atom stereocenters. The van der Waals surface area contributed by atoms with E-state index in [4.69, 9.17) is 0 Å². The lowest BCUT2D eigenvalue weighted by molar-refractivity contribution is 0.0911. The van der Waals surface area contributed by atoms with Gasteiger partial charge in [-0.05, 0) is 56.1 Å². The minimum Gasteiger partial charge on any atom is -0.349 e. The highest BCUT2D eigenvalue weighted by molar-refractivity contribution is 7.92. The van der Waals surface area contributed by atoms with Gasteiger partial charge in [-0.15, -0.1) is 0 Å². The minimum atomic E-state index is -3.68. The summed E-state index contributed by atoms with van der Waals surface area (Å²) < 4.78 is 27.5. The summed E-state index contributed by atoms with van der Waals surface area (Å²) in [6.07, 6.45) is 3.01. The maximum atomic E-state index is 12.6. The van der Waals surface area contributed by atoms with Gasteiger partial charge >= 0.3 is 0 Å². The smallest absolute Gasteiger partial charge is 0.261 e. The molecule has 0 unspecified atom stereocenters. The van der Waals surface area contributed by atoms with Crippen molar-refractivity contribution in [2.45, 2.75) is 37.1 Å². The maximum absolute atomic E-state index is 12.6. The predicted molar refractivity (Wildman–Crippen MR) is 111 cm³/mol. The molecule has 7 heteroatoms. The standard InChI is InChI=1S/C21H27N3O3S/c1-2-13-24-14-11-18(12-15-24)22-21(25)17-7-6-8-19(16-17)23-28(26,27)20-9-4-3-5-10-20/h3-10,16,18,23H,2,11-15H2,1H3,(H,22,25). The van der Waals surface area contributed by atoms with Crippen molar-refractivity contribution in [2.75, 3.05) is 24.4 Å². The molecule has 1 saturated heterocycles. The van der Waals surface area contributed by atoms with E-state index in [2.05, 4.69) is 21.9 Å². The van der Waals surface area contributed by atoms with Crippen LogP contribution in [0.15, 0.2) is 59.5 Å². The summed E-state index contributed by atoms with van der Waals surface area (Å²) in [5, 5.41) is 3.08. The first-order valence-electron chi connectivity index (χ1n) is 9.69. The first-order chi connectivity index (χ1) is 13.5. The molecular formula is C21H27N3O3S. The van der Waals surface area contributed by atoms with Crippen LogP contribution in [0.3, 0.4) is 0 Å². The fraction of sp³-hybridized carbons (Fsp3) is 0.381. The van der Waals surface area contributed by atoms with Crippen LogP contribution in [0.25, 0.3) is 0 Å². The number of piperidine rings is 1. The van der Waals surface area contributed by atoms with E-state index in [1.54, 1.807) is 42.5 Å². The molecule has 1 aliphatic heterocycles. The molecule has 0 spiro atoms. The Bertz CT molecular complexity index is 892. The number of benzene rings is 2. The summed E-state index contributed by atoms with van der Waals surface area (Å²) >= 11 is 0. The van der Waals surface area contributed by atoms with Gasteiger partial charge in [0.15, 0.2) is 0 Å². The number of amides is 1. The van der Waals surface area contributed by atoms with Gasteiger partial charge in [0.25, 0.3) is 15.9 Å². The lowest BCUT2D eigenvalue weighted by Crippen LogP contribution is -2.44. The first kappa shape index (κ1) is 20.4. The van der Waals surface area contributed by atoms with Gasteiger partial charge in [-0.3, -0.25) is 9.52 Å². The summed E-state index contributed by atoms with van der Waals surface area (Å²) in [7, 11) is -3.68. The number of hydrogen-bond donors (Lipinski definition) is 2. The average molecular weight is 402 g/mol. The molecule has 2 aromatic rings. The van der Waals surface area contributed by atoms with E-state index in [1.165, 1.54) is 12.1 Å². The van der Waals surface area contributed by atoms with Gasteiger partial charge in [0.05, 0.1) is 4.90 Å². The third-order valence-electron chi connectivity index (χ3n) is 4.89. The van der Waals surface area contributed by atoms with Crippen molar-refractivity contribution in [3.05, 3.63) is 60.2 Å². The van der Waals surface area contributed by atoms with Crippen molar-refractivity contribution in [1.82, 2.24) is 10.2 Å². The Morgan fingerprint density at radius 1 is 1.07 bits per heavy atom. The SMILES string of the molecule is CCCN1CCC(NC(=O)c2cccc(NS(=O)(=O)c3ccccc3)c2)CC1. The molecule has 0 aromatic heterocycles. The van der Waals surface area contributed by atoms with Crippen LogP contribution in [0.4, 0.5) is 5.69 Å². The highest BCUT2D eigenvalue weighted by Crippen LogP contribution is 2.18. The Morgan fingerprint density at radius 3 is 2.46 bits per heavy atom. The van der Waals surface area contributed by atoms with Crippen LogP contribution in [0.2, 0.25) is 0 Å². The number of nitrogens with zero attached hydrogens (tertiary/aromatic N) is 1. The van der Waals surface area contributed by atoms with Gasteiger partial charge in [-0.2, -0.15) is 0 Å². The van der Waals surface area contributed by atoms with E-state index < -0.39 is 10.0 Å². The molecule has 1 aliphatic rings. The van der Waals surface area contributed by atoms with Gasteiger partial charge in [0.1, 0.15) is 0 Å². The van der Waals surface area contributed by atoms with Crippen LogP contribution in [0.1, 0.15) is 36.5 Å². The molecule has 0 bridgehead atoms. The van der Waals surface area contributed by atoms with E-state index in [0.29, 0.717) is 11.3 Å². The summed E-state index contributed by atoms with van der Waals surface area (Å²) in [6.45, 7) is 5.27. The van der Waals surface area contributed by atoms with Gasteiger partial charge in [-0.25, -0.2) is 8.42 Å². The number of nitrogens with one attached hydrogen (secondary N) is 2. The fourth-order valence-corrected chi connectivity index (χ4v) is 4.49. The Hall–Kier alpha value is -2.38. The molecule has 0 radical (unpaired) electrons. The zero-order valence-electron chi connectivity index (χ0n) is 16.1. The average Bonchev–Trinajstić information content (AvgIpc) is 2.70. The number of sulfonamides is 1. The molecular weight excluding hydrogens is 374 g/mol. The third kappa shape index (κ3) is 5.33. The third-order valence-corrected chi connectivity index (χ3v) is 6.29. The number of carbonyl (C=O) groups is 1. The van der Waals surface area contributed by atoms with Crippen molar-refractivity contribution in [3.63, 3.8) is 0 Å². The summed E-state index contributed by atoms with van der Waals surface area (Å²) in [4.78, 5) is 15.2. The topological polar surface area (TPSA) is 78.5 Å². The number of anilines is 1. The van der Waals surface area contributed by atoms with Gasteiger partial charge < -0.3 is 10.2 Å².